The second kappa shape index (κ2) is 9.23. The molecule has 188 valence electrons. The van der Waals surface area contributed by atoms with Crippen molar-refractivity contribution in [1.29, 1.82) is 0 Å². The molecule has 0 saturated heterocycles. The van der Waals surface area contributed by atoms with Gasteiger partial charge >= 0.3 is 0 Å². The molecule has 0 bridgehead atoms. The first-order chi connectivity index (χ1) is 17.2. The van der Waals surface area contributed by atoms with Crippen molar-refractivity contribution in [2.24, 2.45) is 0 Å². The molecule has 0 radical (unpaired) electrons. The number of nitrogens with one attached hydrogen (secondary N) is 1. The van der Waals surface area contributed by atoms with Crippen LogP contribution in [0.1, 0.15) is 44.5 Å². The van der Waals surface area contributed by atoms with Crippen LogP contribution < -0.4 is 10.1 Å². The Morgan fingerprint density at radius 1 is 1.19 bits per heavy atom. The zero-order valence-electron chi connectivity index (χ0n) is 19.5. The molecule has 1 aliphatic carbocycles. The topological polar surface area (TPSA) is 109 Å². The van der Waals surface area contributed by atoms with Crippen molar-refractivity contribution in [2.75, 3.05) is 0 Å². The number of thiazole rings is 1. The van der Waals surface area contributed by atoms with Gasteiger partial charge in [-0.25, -0.2) is 18.7 Å². The highest BCUT2D eigenvalue weighted by Gasteiger charge is 2.48. The third kappa shape index (κ3) is 4.23. The lowest BCUT2D eigenvalue weighted by Crippen LogP contribution is -2.45. The van der Waals surface area contributed by atoms with E-state index in [1.54, 1.807) is 35.9 Å². The lowest BCUT2D eigenvalue weighted by Gasteiger charge is -2.28. The Morgan fingerprint density at radius 3 is 2.53 bits per heavy atom. The lowest BCUT2D eigenvalue weighted by molar-refractivity contribution is 0.0438. The number of carbonyl (C=O) groups excluding carboxylic acids is 1. The van der Waals surface area contributed by atoms with Crippen molar-refractivity contribution >= 4 is 22.9 Å². The van der Waals surface area contributed by atoms with Gasteiger partial charge in [0.2, 0.25) is 0 Å². The molecule has 8 nitrogen and oxygen atoms in total. The van der Waals surface area contributed by atoms with Gasteiger partial charge in [0.1, 0.15) is 28.9 Å². The fourth-order valence-corrected chi connectivity index (χ4v) is 5.54. The maximum atomic E-state index is 14.0. The zero-order valence-corrected chi connectivity index (χ0v) is 20.4. The number of aromatic nitrogens is 3. The number of aliphatic hydroxyl groups excluding tert-OH is 2. The normalized spacial score (nSPS) is 21.7. The molecular formula is C25H24F2N4O4S. The number of amides is 1. The first-order valence-corrected chi connectivity index (χ1v) is 12.1. The van der Waals surface area contributed by atoms with E-state index in [0.717, 1.165) is 17.0 Å². The summed E-state index contributed by atoms with van der Waals surface area (Å²) >= 11 is 1.39. The number of imidazole rings is 1. The molecule has 1 aromatic carbocycles. The maximum Gasteiger partial charge on any atom is 0.270 e. The molecule has 5 rings (SSSR count). The third-order valence-corrected chi connectivity index (χ3v) is 7.50. The van der Waals surface area contributed by atoms with Crippen LogP contribution in [0.4, 0.5) is 8.78 Å². The van der Waals surface area contributed by atoms with E-state index in [4.69, 9.17) is 4.74 Å². The van der Waals surface area contributed by atoms with E-state index < -0.39 is 35.3 Å². The molecule has 0 aliphatic heterocycles. The molecule has 3 heterocycles. The van der Waals surface area contributed by atoms with Crippen LogP contribution in [0.3, 0.4) is 0 Å². The Balaban J connectivity index is 1.47. The summed E-state index contributed by atoms with van der Waals surface area (Å²) in [6, 6.07) is 6.83. The molecule has 1 amide bonds. The molecule has 36 heavy (non-hydrogen) atoms. The van der Waals surface area contributed by atoms with Gasteiger partial charge in [-0.05, 0) is 38.1 Å². The summed E-state index contributed by atoms with van der Waals surface area (Å²) in [5.41, 5.74) is -0.300. The Hall–Kier alpha value is -3.41. The van der Waals surface area contributed by atoms with E-state index in [9.17, 15) is 23.8 Å². The van der Waals surface area contributed by atoms with Crippen molar-refractivity contribution in [3.63, 3.8) is 0 Å². The minimum Gasteiger partial charge on any atom is -0.485 e. The summed E-state index contributed by atoms with van der Waals surface area (Å²) in [5, 5.41) is 24.2. The zero-order chi connectivity index (χ0) is 25.6. The molecule has 3 atom stereocenters. The molecule has 1 saturated carbocycles. The summed E-state index contributed by atoms with van der Waals surface area (Å²) in [6.45, 7) is 3.20. The third-order valence-electron chi connectivity index (χ3n) is 6.38. The summed E-state index contributed by atoms with van der Waals surface area (Å²) < 4.78 is 35.3. The summed E-state index contributed by atoms with van der Waals surface area (Å²) in [6.07, 6.45) is 1.55. The molecule has 1 fully saturated rings. The molecule has 1 unspecified atom stereocenters. The minimum atomic E-state index is -1.04. The van der Waals surface area contributed by atoms with Crippen molar-refractivity contribution in [2.45, 2.75) is 51.0 Å². The van der Waals surface area contributed by atoms with E-state index >= 15 is 0 Å². The van der Waals surface area contributed by atoms with Gasteiger partial charge in [0.15, 0.2) is 11.4 Å². The summed E-state index contributed by atoms with van der Waals surface area (Å²) in [5.74, 6) is -1.65. The Morgan fingerprint density at radius 2 is 1.89 bits per heavy atom. The van der Waals surface area contributed by atoms with Crippen molar-refractivity contribution in [3.05, 3.63) is 81.2 Å². The average Bonchev–Trinajstić information content (AvgIpc) is 3.49. The van der Waals surface area contributed by atoms with Gasteiger partial charge in [-0.15, -0.1) is 11.3 Å². The van der Waals surface area contributed by atoms with Crippen LogP contribution in [0, 0.1) is 25.5 Å². The number of rotatable bonds is 6. The van der Waals surface area contributed by atoms with E-state index in [1.807, 2.05) is 6.92 Å². The van der Waals surface area contributed by atoms with Gasteiger partial charge in [-0.3, -0.25) is 9.20 Å². The number of benzene rings is 1. The first kappa shape index (κ1) is 24.3. The number of aryl methyl sites for hydroxylation is 2. The second-order valence-corrected chi connectivity index (χ2v) is 10.2. The summed E-state index contributed by atoms with van der Waals surface area (Å²) in [7, 11) is 0. The maximum absolute atomic E-state index is 14.0. The standard InChI is InChI=1S/C25H24F2N4O4S/c1-13-11-28-24(36-13)25(9-18(32)19(33)10-25)30-23(34)21-14(2)29-22-20(7-4-8-31(21)22)35-12-15-16(26)5-3-6-17(15)27/h3-8,11,18-19,32-33H,9-10,12H2,1-2H3,(H,30,34)/t18-,19+,25?. The van der Waals surface area contributed by atoms with E-state index in [2.05, 4.69) is 15.3 Å². The molecule has 1 aliphatic rings. The molecule has 4 aromatic rings. The van der Waals surface area contributed by atoms with Crippen LogP contribution in [-0.2, 0) is 12.1 Å². The number of aliphatic hydroxyl groups is 2. The number of halogens is 2. The molecular weight excluding hydrogens is 490 g/mol. The SMILES string of the molecule is Cc1cnc(C2(NC(=O)c3c(C)nc4c(OCc5c(F)cccc5F)cccn34)C[C@@H](O)[C@@H](O)C2)s1. The molecule has 11 heteroatoms. The van der Waals surface area contributed by atoms with Crippen LogP contribution in [0.5, 0.6) is 5.75 Å². The predicted octanol–water partition coefficient (Wildman–Crippen LogP) is 3.41. The van der Waals surface area contributed by atoms with Crippen molar-refractivity contribution in [1.82, 2.24) is 19.7 Å². The largest absolute Gasteiger partial charge is 0.485 e. The van der Waals surface area contributed by atoms with Gasteiger partial charge in [0.25, 0.3) is 5.91 Å². The number of nitrogens with zero attached hydrogens (tertiary/aromatic N) is 3. The second-order valence-electron chi connectivity index (χ2n) is 8.96. The number of ether oxygens (including phenoxy) is 1. The summed E-state index contributed by atoms with van der Waals surface area (Å²) in [4.78, 5) is 23.4. The average molecular weight is 515 g/mol. The van der Waals surface area contributed by atoms with Crippen molar-refractivity contribution in [3.8, 4) is 5.75 Å². The minimum absolute atomic E-state index is 0.116. The van der Waals surface area contributed by atoms with Crippen LogP contribution in [0.15, 0.2) is 42.7 Å². The quantitative estimate of drug-likeness (QED) is 0.364. The van der Waals surface area contributed by atoms with Gasteiger partial charge in [-0.1, -0.05) is 6.07 Å². The number of hydrogen-bond acceptors (Lipinski definition) is 7. The van der Waals surface area contributed by atoms with Crippen LogP contribution in [0.2, 0.25) is 0 Å². The van der Waals surface area contributed by atoms with Gasteiger partial charge in [0, 0.05) is 30.1 Å². The van der Waals surface area contributed by atoms with Gasteiger partial charge in [-0.2, -0.15) is 0 Å². The Kier molecular flexibility index (Phi) is 6.23. The number of hydrogen-bond donors (Lipinski definition) is 3. The Labute approximate surface area is 209 Å². The first-order valence-electron chi connectivity index (χ1n) is 11.3. The van der Waals surface area contributed by atoms with E-state index in [-0.39, 0.29) is 36.5 Å². The fourth-order valence-electron chi connectivity index (χ4n) is 4.61. The fraction of sp³-hybridized carbons (Fsp3) is 0.320. The van der Waals surface area contributed by atoms with E-state index in [0.29, 0.717) is 16.3 Å². The monoisotopic (exact) mass is 514 g/mol. The number of carbonyl (C=O) groups is 1. The highest BCUT2D eigenvalue weighted by Crippen LogP contribution is 2.41. The molecule has 3 aromatic heterocycles. The number of fused-ring (bicyclic) bond motifs is 1. The van der Waals surface area contributed by atoms with Crippen LogP contribution in [0.25, 0.3) is 5.65 Å². The van der Waals surface area contributed by atoms with Crippen LogP contribution in [-0.4, -0.2) is 42.7 Å². The predicted molar refractivity (Wildman–Crippen MR) is 128 cm³/mol. The van der Waals surface area contributed by atoms with Gasteiger partial charge in [0.05, 0.1) is 29.0 Å². The van der Waals surface area contributed by atoms with Gasteiger partial charge < -0.3 is 20.3 Å². The number of pyridine rings is 1. The highest BCUT2D eigenvalue weighted by molar-refractivity contribution is 7.11. The molecule has 0 spiro atoms. The van der Waals surface area contributed by atoms with Crippen molar-refractivity contribution < 1.29 is 28.5 Å². The highest BCUT2D eigenvalue weighted by atomic mass is 32.1. The van der Waals surface area contributed by atoms with Crippen LogP contribution >= 0.6 is 11.3 Å². The van der Waals surface area contributed by atoms with E-state index in [1.165, 1.54) is 17.4 Å². The smallest absolute Gasteiger partial charge is 0.270 e. The Bertz CT molecular complexity index is 1420. The lowest BCUT2D eigenvalue weighted by atomic mass is 9.97. The molecule has 3 N–H and O–H groups in total.